The summed E-state index contributed by atoms with van der Waals surface area (Å²) in [6.45, 7) is 3.08. The summed E-state index contributed by atoms with van der Waals surface area (Å²) in [6, 6.07) is 7.68. The highest BCUT2D eigenvalue weighted by Gasteiger charge is 2.08. The summed E-state index contributed by atoms with van der Waals surface area (Å²) >= 11 is 6.10. The zero-order valence-electron chi connectivity index (χ0n) is 12.1. The summed E-state index contributed by atoms with van der Waals surface area (Å²) < 4.78 is 6.55. The van der Waals surface area contributed by atoms with Gasteiger partial charge in [-0.1, -0.05) is 30.7 Å². The third kappa shape index (κ3) is 3.76. The molecule has 5 nitrogen and oxygen atoms in total. The van der Waals surface area contributed by atoms with Crippen molar-refractivity contribution in [3.05, 3.63) is 51.4 Å². The summed E-state index contributed by atoms with van der Waals surface area (Å²) in [6.07, 6.45) is 2.42. The van der Waals surface area contributed by atoms with E-state index in [1.807, 2.05) is 31.2 Å². The molecule has 1 aromatic heterocycles. The van der Waals surface area contributed by atoms with Gasteiger partial charge in [-0.25, -0.2) is 4.68 Å². The fourth-order valence-corrected chi connectivity index (χ4v) is 2.15. The van der Waals surface area contributed by atoms with Crippen LogP contribution in [0.5, 0.6) is 5.75 Å². The van der Waals surface area contributed by atoms with Gasteiger partial charge in [0.1, 0.15) is 10.8 Å². The van der Waals surface area contributed by atoms with Gasteiger partial charge in [-0.2, -0.15) is 5.10 Å². The van der Waals surface area contributed by atoms with E-state index in [1.54, 1.807) is 13.3 Å². The summed E-state index contributed by atoms with van der Waals surface area (Å²) in [5.41, 5.74) is 1.30. The van der Waals surface area contributed by atoms with E-state index >= 15 is 0 Å². The van der Waals surface area contributed by atoms with E-state index in [0.717, 1.165) is 17.7 Å². The van der Waals surface area contributed by atoms with Crippen LogP contribution < -0.4 is 15.6 Å². The maximum Gasteiger partial charge on any atom is 0.287 e. The molecule has 0 aliphatic carbocycles. The smallest absolute Gasteiger partial charge is 0.287 e. The Labute approximate surface area is 128 Å². The molecule has 112 valence electrons. The Bertz CT molecular complexity index is 670. The maximum absolute atomic E-state index is 12.0. The first-order valence-electron chi connectivity index (χ1n) is 6.78. The first-order valence-corrected chi connectivity index (χ1v) is 7.16. The van der Waals surface area contributed by atoms with Crippen molar-refractivity contribution in [2.45, 2.75) is 26.4 Å². The van der Waals surface area contributed by atoms with E-state index in [4.69, 9.17) is 16.3 Å². The van der Waals surface area contributed by atoms with Gasteiger partial charge in [0.05, 0.1) is 19.0 Å². The summed E-state index contributed by atoms with van der Waals surface area (Å²) in [5.74, 6) is 0.789. The summed E-state index contributed by atoms with van der Waals surface area (Å²) in [4.78, 5) is 12.0. The number of nitrogens with one attached hydrogen (secondary N) is 1. The molecule has 6 heteroatoms. The van der Waals surface area contributed by atoms with Crippen LogP contribution in [0.3, 0.4) is 0 Å². The predicted molar refractivity (Wildman–Crippen MR) is 84.1 cm³/mol. The van der Waals surface area contributed by atoms with Crippen LogP contribution in [0.15, 0.2) is 35.3 Å². The second-order valence-electron chi connectivity index (χ2n) is 4.61. The Hall–Kier alpha value is -2.01. The molecule has 0 amide bonds. The lowest BCUT2D eigenvalue weighted by Crippen LogP contribution is -2.24. The molecular formula is C15H18ClN3O2. The molecule has 2 aromatic rings. The normalized spacial score (nSPS) is 10.4. The Morgan fingerprint density at radius 2 is 2.24 bits per heavy atom. The largest absolute Gasteiger partial charge is 0.497 e. The predicted octanol–water partition coefficient (Wildman–Crippen LogP) is 2.93. The van der Waals surface area contributed by atoms with Gasteiger partial charge in [-0.15, -0.1) is 0 Å². The van der Waals surface area contributed by atoms with E-state index in [9.17, 15) is 4.79 Å². The van der Waals surface area contributed by atoms with E-state index in [2.05, 4.69) is 10.4 Å². The molecule has 1 aromatic carbocycles. The molecule has 1 N–H and O–H groups in total. The van der Waals surface area contributed by atoms with Gasteiger partial charge in [-0.3, -0.25) is 4.79 Å². The van der Waals surface area contributed by atoms with Gasteiger partial charge in [0.2, 0.25) is 0 Å². The number of ether oxygens (including phenoxy) is 1. The minimum absolute atomic E-state index is 0.168. The minimum atomic E-state index is -0.269. The second kappa shape index (κ2) is 7.13. The molecule has 21 heavy (non-hydrogen) atoms. The average Bonchev–Trinajstić information content (AvgIpc) is 2.51. The zero-order valence-corrected chi connectivity index (χ0v) is 12.9. The number of halogens is 1. The van der Waals surface area contributed by atoms with Gasteiger partial charge in [-0.05, 0) is 24.1 Å². The first kappa shape index (κ1) is 15.4. The zero-order chi connectivity index (χ0) is 15.2. The number of anilines is 1. The van der Waals surface area contributed by atoms with Gasteiger partial charge in [0.25, 0.3) is 5.56 Å². The third-order valence-electron chi connectivity index (χ3n) is 3.04. The number of benzene rings is 1. The SMILES string of the molecule is CCCn1ncc(NCc2cccc(OC)c2)c(Cl)c1=O. The quantitative estimate of drug-likeness (QED) is 0.891. The molecule has 0 atom stereocenters. The molecule has 0 radical (unpaired) electrons. The highest BCUT2D eigenvalue weighted by Crippen LogP contribution is 2.18. The Morgan fingerprint density at radius 3 is 2.95 bits per heavy atom. The number of nitrogens with zero attached hydrogens (tertiary/aromatic N) is 2. The lowest BCUT2D eigenvalue weighted by molar-refractivity contribution is 0.414. The lowest BCUT2D eigenvalue weighted by atomic mass is 10.2. The van der Waals surface area contributed by atoms with Crippen LogP contribution in [0, 0.1) is 0 Å². The minimum Gasteiger partial charge on any atom is -0.497 e. The van der Waals surface area contributed by atoms with Crippen molar-refractivity contribution in [1.82, 2.24) is 9.78 Å². The van der Waals surface area contributed by atoms with E-state index < -0.39 is 0 Å². The van der Waals surface area contributed by atoms with Crippen LogP contribution in [0.25, 0.3) is 0 Å². The Balaban J connectivity index is 2.13. The van der Waals surface area contributed by atoms with Gasteiger partial charge in [0, 0.05) is 13.1 Å². The van der Waals surface area contributed by atoms with Crippen LogP contribution in [-0.2, 0) is 13.1 Å². The monoisotopic (exact) mass is 307 g/mol. The van der Waals surface area contributed by atoms with Crippen LogP contribution in [0.4, 0.5) is 5.69 Å². The number of hydrogen-bond donors (Lipinski definition) is 1. The number of methoxy groups -OCH3 is 1. The second-order valence-corrected chi connectivity index (χ2v) is 4.98. The average molecular weight is 308 g/mol. The highest BCUT2D eigenvalue weighted by atomic mass is 35.5. The van der Waals surface area contributed by atoms with Crippen molar-refractivity contribution in [2.75, 3.05) is 12.4 Å². The molecule has 0 fully saturated rings. The Morgan fingerprint density at radius 1 is 1.43 bits per heavy atom. The number of aryl methyl sites for hydroxylation is 1. The summed E-state index contributed by atoms with van der Waals surface area (Å²) in [5, 5.41) is 7.40. The molecule has 0 aliphatic rings. The lowest BCUT2D eigenvalue weighted by Gasteiger charge is -2.10. The molecular weight excluding hydrogens is 290 g/mol. The van der Waals surface area contributed by atoms with Crippen LogP contribution >= 0.6 is 11.6 Å². The number of hydrogen-bond acceptors (Lipinski definition) is 4. The van der Waals surface area contributed by atoms with Crippen LogP contribution in [0.2, 0.25) is 5.02 Å². The molecule has 2 rings (SSSR count). The highest BCUT2D eigenvalue weighted by molar-refractivity contribution is 6.32. The maximum atomic E-state index is 12.0. The van der Waals surface area contributed by atoms with Gasteiger partial charge < -0.3 is 10.1 Å². The van der Waals surface area contributed by atoms with Gasteiger partial charge in [0.15, 0.2) is 0 Å². The van der Waals surface area contributed by atoms with Crippen molar-refractivity contribution in [3.63, 3.8) is 0 Å². The molecule has 1 heterocycles. The molecule has 0 unspecified atom stereocenters. The van der Waals surface area contributed by atoms with Crippen LogP contribution in [-0.4, -0.2) is 16.9 Å². The van der Waals surface area contributed by atoms with Crippen molar-refractivity contribution < 1.29 is 4.74 Å². The summed E-state index contributed by atoms with van der Waals surface area (Å²) in [7, 11) is 1.63. The number of rotatable bonds is 6. The molecule has 0 saturated carbocycles. The van der Waals surface area contributed by atoms with Crippen molar-refractivity contribution >= 4 is 17.3 Å². The van der Waals surface area contributed by atoms with Crippen LogP contribution in [0.1, 0.15) is 18.9 Å². The standard InChI is InChI=1S/C15H18ClN3O2/c1-3-7-19-15(20)14(16)13(10-18-19)17-9-11-5-4-6-12(8-11)21-2/h4-6,8,10,17H,3,7,9H2,1-2H3. The van der Waals surface area contributed by atoms with Crippen molar-refractivity contribution in [2.24, 2.45) is 0 Å². The number of aromatic nitrogens is 2. The van der Waals surface area contributed by atoms with Crippen molar-refractivity contribution in [1.29, 1.82) is 0 Å². The molecule has 0 aliphatic heterocycles. The van der Waals surface area contributed by atoms with E-state index in [0.29, 0.717) is 18.8 Å². The molecule has 0 spiro atoms. The Kier molecular flexibility index (Phi) is 5.22. The first-order chi connectivity index (χ1) is 10.2. The molecule has 0 bridgehead atoms. The molecule has 0 saturated heterocycles. The fourth-order valence-electron chi connectivity index (χ4n) is 1.94. The topological polar surface area (TPSA) is 56.1 Å². The third-order valence-corrected chi connectivity index (χ3v) is 3.40. The fraction of sp³-hybridized carbons (Fsp3) is 0.333. The van der Waals surface area contributed by atoms with Gasteiger partial charge >= 0.3 is 0 Å². The van der Waals surface area contributed by atoms with E-state index in [1.165, 1.54) is 4.68 Å². The van der Waals surface area contributed by atoms with Crippen molar-refractivity contribution in [3.8, 4) is 5.75 Å². The van der Waals surface area contributed by atoms with E-state index in [-0.39, 0.29) is 10.6 Å².